The van der Waals surface area contributed by atoms with Crippen LogP contribution in [0.4, 0.5) is 0 Å². The van der Waals surface area contributed by atoms with Crippen molar-refractivity contribution in [2.45, 2.75) is 32.4 Å². The third-order valence-corrected chi connectivity index (χ3v) is 6.11. The first kappa shape index (κ1) is 23.8. The van der Waals surface area contributed by atoms with Crippen LogP contribution in [0.25, 0.3) is 0 Å². The summed E-state index contributed by atoms with van der Waals surface area (Å²) in [5, 5.41) is 10.4. The topological polar surface area (TPSA) is 63.6 Å². The molecule has 0 spiro atoms. The number of hydrogen-bond acceptors (Lipinski definition) is 7. The van der Waals surface area contributed by atoms with E-state index in [1.54, 1.807) is 0 Å². The number of aliphatic hydroxyl groups is 1. The van der Waals surface area contributed by atoms with Gasteiger partial charge >= 0.3 is 0 Å². The Morgan fingerprint density at radius 3 is 2.52 bits per heavy atom. The van der Waals surface area contributed by atoms with Gasteiger partial charge in [0, 0.05) is 39.3 Å². The fourth-order valence-electron chi connectivity index (χ4n) is 4.30. The van der Waals surface area contributed by atoms with Crippen molar-refractivity contribution in [2.75, 3.05) is 59.3 Å². The molecule has 7 heteroatoms. The monoisotopic (exact) mass is 456 g/mol. The van der Waals surface area contributed by atoms with Crippen LogP contribution in [0.1, 0.15) is 30.9 Å². The highest BCUT2D eigenvalue weighted by Gasteiger charge is 2.20. The fraction of sp³-hybridized carbons (Fsp3) is 0.538. The lowest BCUT2D eigenvalue weighted by Crippen LogP contribution is -2.48. The Kier molecular flexibility index (Phi) is 8.45. The van der Waals surface area contributed by atoms with Gasteiger partial charge in [0.05, 0.1) is 19.3 Å². The van der Waals surface area contributed by atoms with Gasteiger partial charge in [-0.3, -0.25) is 9.80 Å². The molecule has 1 atom stereocenters. The van der Waals surface area contributed by atoms with Crippen molar-refractivity contribution in [1.82, 2.24) is 9.80 Å². The highest BCUT2D eigenvalue weighted by atomic mass is 16.7. The van der Waals surface area contributed by atoms with Gasteiger partial charge in [-0.25, -0.2) is 0 Å². The second-order valence-electron chi connectivity index (χ2n) is 9.03. The van der Waals surface area contributed by atoms with Crippen LogP contribution in [0, 0.1) is 0 Å². The summed E-state index contributed by atoms with van der Waals surface area (Å²) in [6, 6.07) is 14.3. The van der Waals surface area contributed by atoms with Gasteiger partial charge in [-0.2, -0.15) is 0 Å². The van der Waals surface area contributed by atoms with Crippen molar-refractivity contribution < 1.29 is 24.1 Å². The highest BCUT2D eigenvalue weighted by molar-refractivity contribution is 5.44. The van der Waals surface area contributed by atoms with Crippen molar-refractivity contribution in [1.29, 1.82) is 0 Å². The van der Waals surface area contributed by atoms with Gasteiger partial charge in [0.2, 0.25) is 6.79 Å². The lowest BCUT2D eigenvalue weighted by Gasteiger charge is -2.35. The molecule has 2 aromatic carbocycles. The maximum atomic E-state index is 10.4. The first-order valence-electron chi connectivity index (χ1n) is 11.9. The number of β-amino-alcohol motifs (C(OH)–C–C–N with tert-alkyl or cyclic N) is 1. The molecule has 33 heavy (non-hydrogen) atoms. The molecule has 1 fully saturated rings. The molecule has 1 saturated heterocycles. The SMILES string of the molecule is CC(C)c1ccccc1OCCOC[C@H](O)CN1CCN(Cc2ccc3c(c2)OCO3)CC1. The van der Waals surface area contributed by atoms with Crippen LogP contribution >= 0.6 is 0 Å². The maximum Gasteiger partial charge on any atom is 0.231 e. The lowest BCUT2D eigenvalue weighted by molar-refractivity contribution is -0.000510. The zero-order chi connectivity index (χ0) is 23.0. The van der Waals surface area contributed by atoms with E-state index in [2.05, 4.69) is 41.8 Å². The van der Waals surface area contributed by atoms with Crippen molar-refractivity contribution in [2.24, 2.45) is 0 Å². The van der Waals surface area contributed by atoms with E-state index in [1.807, 2.05) is 24.3 Å². The van der Waals surface area contributed by atoms with Crippen molar-refractivity contribution in [3.8, 4) is 17.2 Å². The molecule has 0 unspecified atom stereocenters. The molecule has 1 N–H and O–H groups in total. The van der Waals surface area contributed by atoms with Crippen LogP contribution in [-0.2, 0) is 11.3 Å². The van der Waals surface area contributed by atoms with Crippen LogP contribution in [0.5, 0.6) is 17.2 Å². The molecule has 0 amide bonds. The summed E-state index contributed by atoms with van der Waals surface area (Å²) < 4.78 is 22.4. The van der Waals surface area contributed by atoms with Gasteiger partial charge in [-0.05, 0) is 35.2 Å². The zero-order valence-electron chi connectivity index (χ0n) is 19.7. The second-order valence-corrected chi connectivity index (χ2v) is 9.03. The number of ether oxygens (including phenoxy) is 4. The number of piperazine rings is 1. The summed E-state index contributed by atoms with van der Waals surface area (Å²) in [6.45, 7) is 11.3. The van der Waals surface area contributed by atoms with Gasteiger partial charge in [0.15, 0.2) is 11.5 Å². The quantitative estimate of drug-likeness (QED) is 0.521. The van der Waals surface area contributed by atoms with E-state index in [4.69, 9.17) is 18.9 Å². The molecule has 2 heterocycles. The average Bonchev–Trinajstić information content (AvgIpc) is 3.28. The molecule has 0 aliphatic carbocycles. The van der Waals surface area contributed by atoms with Gasteiger partial charge in [-0.1, -0.05) is 38.1 Å². The summed E-state index contributed by atoms with van der Waals surface area (Å²) in [6.07, 6.45) is -0.492. The molecule has 2 aliphatic rings. The van der Waals surface area contributed by atoms with Crippen molar-refractivity contribution in [3.63, 3.8) is 0 Å². The summed E-state index contributed by atoms with van der Waals surface area (Å²) in [7, 11) is 0. The second kappa shape index (κ2) is 11.7. The number of fused-ring (bicyclic) bond motifs is 1. The Morgan fingerprint density at radius 2 is 1.70 bits per heavy atom. The Morgan fingerprint density at radius 1 is 0.939 bits per heavy atom. The molecule has 2 aliphatic heterocycles. The number of nitrogens with zero attached hydrogens (tertiary/aromatic N) is 2. The van der Waals surface area contributed by atoms with E-state index in [-0.39, 0.29) is 0 Å². The summed E-state index contributed by atoms with van der Waals surface area (Å²) >= 11 is 0. The van der Waals surface area contributed by atoms with Gasteiger partial charge in [0.25, 0.3) is 0 Å². The van der Waals surface area contributed by atoms with Gasteiger partial charge in [0.1, 0.15) is 12.4 Å². The lowest BCUT2D eigenvalue weighted by atomic mass is 10.0. The van der Waals surface area contributed by atoms with E-state index >= 15 is 0 Å². The highest BCUT2D eigenvalue weighted by Crippen LogP contribution is 2.33. The number of para-hydroxylation sites is 1. The minimum absolute atomic E-state index is 0.308. The summed E-state index contributed by atoms with van der Waals surface area (Å²) in [4.78, 5) is 4.74. The van der Waals surface area contributed by atoms with Crippen molar-refractivity contribution in [3.05, 3.63) is 53.6 Å². The molecule has 0 radical (unpaired) electrons. The summed E-state index contributed by atoms with van der Waals surface area (Å²) in [5.74, 6) is 2.99. The number of rotatable bonds is 11. The molecule has 0 saturated carbocycles. The zero-order valence-corrected chi connectivity index (χ0v) is 19.7. The number of benzene rings is 2. The minimum Gasteiger partial charge on any atom is -0.491 e. The third kappa shape index (κ3) is 6.84. The molecular formula is C26H36N2O5. The molecule has 180 valence electrons. The van der Waals surface area contributed by atoms with Crippen LogP contribution in [-0.4, -0.2) is 80.3 Å². The van der Waals surface area contributed by atoms with Gasteiger partial charge in [-0.15, -0.1) is 0 Å². The van der Waals surface area contributed by atoms with E-state index in [0.29, 0.717) is 39.1 Å². The van der Waals surface area contributed by atoms with E-state index in [0.717, 1.165) is 50.0 Å². The largest absolute Gasteiger partial charge is 0.491 e. The molecule has 4 rings (SSSR count). The first-order chi connectivity index (χ1) is 16.1. The molecule has 0 aromatic heterocycles. The van der Waals surface area contributed by atoms with Crippen LogP contribution in [0.3, 0.4) is 0 Å². The molecule has 7 nitrogen and oxygen atoms in total. The normalized spacial score (nSPS) is 17.5. The average molecular weight is 457 g/mol. The van der Waals surface area contributed by atoms with Crippen molar-refractivity contribution >= 4 is 0 Å². The Hall–Kier alpha value is -2.32. The Balaban J connectivity index is 1.09. The third-order valence-electron chi connectivity index (χ3n) is 6.11. The summed E-state index contributed by atoms with van der Waals surface area (Å²) in [5.41, 5.74) is 2.44. The van der Waals surface area contributed by atoms with Crippen LogP contribution < -0.4 is 14.2 Å². The maximum absolute atomic E-state index is 10.4. The standard InChI is InChI=1S/C26H36N2O5/c1-20(2)23-5-3-4-6-24(23)31-14-13-30-18-22(29)17-28-11-9-27(10-12-28)16-21-7-8-25-26(15-21)33-19-32-25/h3-8,15,20,22,29H,9-14,16-19H2,1-2H3/t22-/m1/s1. The predicted octanol–water partition coefficient (Wildman–Crippen LogP) is 3.11. The minimum atomic E-state index is -0.492. The fourth-order valence-corrected chi connectivity index (χ4v) is 4.30. The Labute approximate surface area is 196 Å². The first-order valence-corrected chi connectivity index (χ1v) is 11.9. The predicted molar refractivity (Wildman–Crippen MR) is 127 cm³/mol. The smallest absolute Gasteiger partial charge is 0.231 e. The van der Waals surface area contributed by atoms with E-state index in [9.17, 15) is 5.11 Å². The number of hydrogen-bond donors (Lipinski definition) is 1. The number of aliphatic hydroxyl groups excluding tert-OH is 1. The van der Waals surface area contributed by atoms with E-state index < -0.39 is 6.10 Å². The van der Waals surface area contributed by atoms with Crippen LogP contribution in [0.2, 0.25) is 0 Å². The molecule has 2 aromatic rings. The van der Waals surface area contributed by atoms with E-state index in [1.165, 1.54) is 11.1 Å². The Bertz CT molecular complexity index is 883. The molecule has 0 bridgehead atoms. The van der Waals surface area contributed by atoms with Gasteiger partial charge < -0.3 is 24.1 Å². The van der Waals surface area contributed by atoms with Crippen LogP contribution in [0.15, 0.2) is 42.5 Å². The molecular weight excluding hydrogens is 420 g/mol.